The molecule has 0 rings (SSSR count). The van der Waals surface area contributed by atoms with E-state index in [1.807, 2.05) is 13.8 Å². The van der Waals surface area contributed by atoms with Gasteiger partial charge in [0.25, 0.3) is 0 Å². The molecule has 23 heavy (non-hydrogen) atoms. The summed E-state index contributed by atoms with van der Waals surface area (Å²) in [6.07, 6.45) is 7.30. The summed E-state index contributed by atoms with van der Waals surface area (Å²) in [7, 11) is 0. The van der Waals surface area contributed by atoms with Crippen LogP contribution in [0.15, 0.2) is 0 Å². The summed E-state index contributed by atoms with van der Waals surface area (Å²) in [4.78, 5) is 0. The second-order valence-electron chi connectivity index (χ2n) is 5.11. The highest BCUT2D eigenvalue weighted by molar-refractivity contribution is 8.55. The Morgan fingerprint density at radius 3 is 1.78 bits per heavy atom. The molecule has 0 aromatic rings. The number of ether oxygens (including phenoxy) is 2. The maximum absolute atomic E-state index is 12.7. The fourth-order valence-corrected chi connectivity index (χ4v) is 5.20. The van der Waals surface area contributed by atoms with Crippen LogP contribution in [0, 0.1) is 0 Å². The predicted molar refractivity (Wildman–Crippen MR) is 98.3 cm³/mol. The van der Waals surface area contributed by atoms with Gasteiger partial charge in [0.2, 0.25) is 0 Å². The summed E-state index contributed by atoms with van der Waals surface area (Å²) in [6.45, 7) is 5.68. The van der Waals surface area contributed by atoms with Crippen LogP contribution in [0.2, 0.25) is 0 Å². The van der Waals surface area contributed by atoms with Gasteiger partial charge in [-0.3, -0.25) is 9.05 Å². The summed E-state index contributed by atoms with van der Waals surface area (Å²) < 4.78 is 34.1. The first-order valence-electron chi connectivity index (χ1n) is 8.87. The van der Waals surface area contributed by atoms with Gasteiger partial charge in [-0.25, -0.2) is 4.57 Å². The van der Waals surface area contributed by atoms with Gasteiger partial charge in [-0.1, -0.05) is 39.0 Å². The highest BCUT2D eigenvalue weighted by Gasteiger charge is 2.25. The van der Waals surface area contributed by atoms with Crippen molar-refractivity contribution in [2.24, 2.45) is 0 Å². The summed E-state index contributed by atoms with van der Waals surface area (Å²) >= 11 is 1.30. The minimum Gasteiger partial charge on any atom is -0.379 e. The minimum atomic E-state index is -3.10. The van der Waals surface area contributed by atoms with Crippen LogP contribution < -0.4 is 0 Å². The topological polar surface area (TPSA) is 54.0 Å². The average molecular weight is 370 g/mol. The molecule has 0 aliphatic rings. The van der Waals surface area contributed by atoms with E-state index < -0.39 is 6.80 Å². The monoisotopic (exact) mass is 370 g/mol. The average Bonchev–Trinajstić information content (AvgIpc) is 2.55. The molecule has 7 heteroatoms. The minimum absolute atomic E-state index is 0.295. The molecule has 0 fully saturated rings. The lowest BCUT2D eigenvalue weighted by Crippen LogP contribution is -2.06. The van der Waals surface area contributed by atoms with Crippen molar-refractivity contribution in [3.05, 3.63) is 0 Å². The fraction of sp³-hybridized carbons (Fsp3) is 1.00. The third-order valence-electron chi connectivity index (χ3n) is 3.11. The molecule has 0 aliphatic carbocycles. The highest BCUT2D eigenvalue weighted by atomic mass is 32.7. The molecule has 0 aliphatic heterocycles. The molecule has 0 atom stereocenters. The third kappa shape index (κ3) is 15.7. The molecule has 0 radical (unpaired) electrons. The zero-order chi connectivity index (χ0) is 17.2. The van der Waals surface area contributed by atoms with Gasteiger partial charge in [0, 0.05) is 19.0 Å². The highest BCUT2D eigenvalue weighted by Crippen LogP contribution is 2.60. The van der Waals surface area contributed by atoms with Crippen LogP contribution in [0.1, 0.15) is 59.3 Å². The summed E-state index contributed by atoms with van der Waals surface area (Å²) in [5.74, 6) is 0.798. The van der Waals surface area contributed by atoms with Crippen molar-refractivity contribution in [2.45, 2.75) is 59.3 Å². The first-order chi connectivity index (χ1) is 11.2. The van der Waals surface area contributed by atoms with Crippen LogP contribution >= 0.6 is 18.2 Å². The molecule has 0 N–H and O–H groups in total. The van der Waals surface area contributed by atoms with Gasteiger partial charge in [-0.2, -0.15) is 0 Å². The van der Waals surface area contributed by atoms with Crippen LogP contribution in [-0.4, -0.2) is 45.4 Å². The maximum Gasteiger partial charge on any atom is 0.389 e. The molecule has 5 nitrogen and oxygen atoms in total. The van der Waals surface area contributed by atoms with Gasteiger partial charge in [0.15, 0.2) is 0 Å². The Labute approximate surface area is 146 Å². The first kappa shape index (κ1) is 23.4. The zero-order valence-electron chi connectivity index (χ0n) is 15.1. The van der Waals surface area contributed by atoms with Gasteiger partial charge >= 0.3 is 6.80 Å². The molecule has 0 unspecified atom stereocenters. The van der Waals surface area contributed by atoms with E-state index >= 15 is 0 Å². The Morgan fingerprint density at radius 1 is 0.739 bits per heavy atom. The normalized spacial score (nSPS) is 12.0. The number of unbranched alkanes of at least 4 members (excludes halogenated alkanes) is 5. The van der Waals surface area contributed by atoms with E-state index in [-0.39, 0.29) is 0 Å². The van der Waals surface area contributed by atoms with E-state index in [1.54, 1.807) is 0 Å². The van der Waals surface area contributed by atoms with Crippen LogP contribution in [0.5, 0.6) is 0 Å². The summed E-state index contributed by atoms with van der Waals surface area (Å²) in [5.41, 5.74) is 0. The molecule has 0 heterocycles. The van der Waals surface area contributed by atoms with Gasteiger partial charge < -0.3 is 9.47 Å². The largest absolute Gasteiger partial charge is 0.389 e. The molecule has 0 amide bonds. The molecule has 140 valence electrons. The lowest BCUT2D eigenvalue weighted by molar-refractivity contribution is 0.0858. The molecule has 0 aromatic carbocycles. The number of hydrogen-bond acceptors (Lipinski definition) is 6. The molecule has 0 spiro atoms. The molecule has 0 bridgehead atoms. The first-order valence-corrected chi connectivity index (χ1v) is 12.0. The van der Waals surface area contributed by atoms with Crippen molar-refractivity contribution < 1.29 is 23.1 Å². The maximum atomic E-state index is 12.7. The Hall–Kier alpha value is 0.420. The standard InChI is InChI=1S/C16H35O5PS/c1-4-7-8-9-10-11-16-23-22(17,20-14-12-18-5-2)21-15-13-19-6-3/h4-16H2,1-3H3. The van der Waals surface area contributed by atoms with Gasteiger partial charge in [-0.15, -0.1) is 0 Å². The van der Waals surface area contributed by atoms with E-state index in [9.17, 15) is 4.57 Å². The fourth-order valence-electron chi connectivity index (χ4n) is 1.88. The van der Waals surface area contributed by atoms with E-state index in [1.165, 1.54) is 43.5 Å². The van der Waals surface area contributed by atoms with Crippen LogP contribution in [0.3, 0.4) is 0 Å². The van der Waals surface area contributed by atoms with Crippen LogP contribution in [0.25, 0.3) is 0 Å². The summed E-state index contributed by atoms with van der Waals surface area (Å²) in [5, 5.41) is 0. The predicted octanol–water partition coefficient (Wildman–Crippen LogP) is 5.29. The van der Waals surface area contributed by atoms with Crippen LogP contribution in [-0.2, 0) is 23.1 Å². The van der Waals surface area contributed by atoms with Crippen molar-refractivity contribution in [3.8, 4) is 0 Å². The van der Waals surface area contributed by atoms with Crippen LogP contribution in [0.4, 0.5) is 0 Å². The van der Waals surface area contributed by atoms with Gasteiger partial charge in [-0.05, 0) is 31.7 Å². The van der Waals surface area contributed by atoms with Crippen molar-refractivity contribution in [1.29, 1.82) is 0 Å². The van der Waals surface area contributed by atoms with E-state index in [0.717, 1.165) is 12.2 Å². The van der Waals surface area contributed by atoms with Crippen molar-refractivity contribution >= 4 is 18.2 Å². The molecule has 0 aromatic heterocycles. The van der Waals surface area contributed by atoms with E-state index in [0.29, 0.717) is 39.6 Å². The van der Waals surface area contributed by atoms with Crippen molar-refractivity contribution in [1.82, 2.24) is 0 Å². The SMILES string of the molecule is CCCCCCCCSP(=O)(OCCOCC)OCCOCC. The second-order valence-corrected chi connectivity index (χ2v) is 9.30. The van der Waals surface area contributed by atoms with Crippen molar-refractivity contribution in [2.75, 3.05) is 45.4 Å². The zero-order valence-corrected chi connectivity index (χ0v) is 16.8. The molecule has 0 saturated carbocycles. The Kier molecular flexibility index (Phi) is 17.6. The van der Waals surface area contributed by atoms with E-state index in [2.05, 4.69) is 6.92 Å². The lowest BCUT2D eigenvalue weighted by atomic mass is 10.1. The quantitative estimate of drug-likeness (QED) is 0.241. The van der Waals surface area contributed by atoms with Gasteiger partial charge in [0.1, 0.15) is 0 Å². The van der Waals surface area contributed by atoms with Gasteiger partial charge in [0.05, 0.1) is 26.4 Å². The Balaban J connectivity index is 3.96. The molecular formula is C16H35O5PS. The third-order valence-corrected chi connectivity index (χ3v) is 7.02. The molecule has 0 saturated heterocycles. The lowest BCUT2D eigenvalue weighted by Gasteiger charge is -2.17. The smallest absolute Gasteiger partial charge is 0.379 e. The summed E-state index contributed by atoms with van der Waals surface area (Å²) in [6, 6.07) is 0. The molecular weight excluding hydrogens is 335 g/mol. The van der Waals surface area contributed by atoms with Crippen molar-refractivity contribution in [3.63, 3.8) is 0 Å². The Morgan fingerprint density at radius 2 is 1.26 bits per heavy atom. The van der Waals surface area contributed by atoms with E-state index in [4.69, 9.17) is 18.5 Å². The Bertz CT molecular complexity index is 276. The number of rotatable bonds is 18. The second kappa shape index (κ2) is 17.2. The number of hydrogen-bond donors (Lipinski definition) is 0.